The summed E-state index contributed by atoms with van der Waals surface area (Å²) in [6, 6.07) is 6.59. The molecule has 0 fully saturated rings. The zero-order valence-electron chi connectivity index (χ0n) is 10.4. The Morgan fingerprint density at radius 3 is 2.65 bits per heavy atom. The number of nitrogens with zero attached hydrogens (tertiary/aromatic N) is 3. The molecular formula is C13H9ClN4O2. The van der Waals surface area contributed by atoms with Gasteiger partial charge in [-0.1, -0.05) is 0 Å². The summed E-state index contributed by atoms with van der Waals surface area (Å²) in [5.41, 5.74) is 1.43. The van der Waals surface area contributed by atoms with Gasteiger partial charge in [0.2, 0.25) is 5.28 Å². The van der Waals surface area contributed by atoms with E-state index in [-0.39, 0.29) is 17.1 Å². The maximum atomic E-state index is 11.9. The molecule has 2 heterocycles. The van der Waals surface area contributed by atoms with Crippen LogP contribution >= 0.6 is 11.6 Å². The number of benzene rings is 1. The third-order valence-electron chi connectivity index (χ3n) is 2.99. The Hall–Kier alpha value is -2.47. The molecule has 2 amide bonds. The molecule has 7 heteroatoms. The van der Waals surface area contributed by atoms with E-state index in [0.29, 0.717) is 22.6 Å². The molecule has 0 bridgehead atoms. The molecule has 0 atom stereocenters. The first-order valence-electron chi connectivity index (χ1n) is 5.78. The average Bonchev–Trinajstić information content (AvgIpc) is 2.64. The molecule has 0 unspecified atom stereocenters. The van der Waals surface area contributed by atoms with Crippen LogP contribution in [0.2, 0.25) is 5.28 Å². The molecule has 0 saturated heterocycles. The molecule has 2 aromatic rings. The molecule has 100 valence electrons. The quantitative estimate of drug-likeness (QED) is 0.676. The van der Waals surface area contributed by atoms with Gasteiger partial charge >= 0.3 is 0 Å². The van der Waals surface area contributed by atoms with Crippen molar-refractivity contribution < 1.29 is 9.59 Å². The average molecular weight is 289 g/mol. The van der Waals surface area contributed by atoms with Crippen molar-refractivity contribution in [3.05, 3.63) is 46.9 Å². The Labute approximate surface area is 119 Å². The lowest BCUT2D eigenvalue weighted by Gasteiger charge is -2.06. The lowest BCUT2D eigenvalue weighted by atomic mass is 10.1. The summed E-state index contributed by atoms with van der Waals surface area (Å²) < 4.78 is 0. The molecule has 0 spiro atoms. The molecule has 20 heavy (non-hydrogen) atoms. The molecule has 1 aliphatic heterocycles. The van der Waals surface area contributed by atoms with Crippen molar-refractivity contribution in [3.63, 3.8) is 0 Å². The van der Waals surface area contributed by atoms with Crippen LogP contribution in [0.3, 0.4) is 0 Å². The predicted octanol–water partition coefficient (Wildman–Crippen LogP) is 2.10. The number of imide groups is 1. The van der Waals surface area contributed by atoms with Crippen molar-refractivity contribution in [2.75, 3.05) is 12.4 Å². The number of nitrogens with one attached hydrogen (secondary N) is 1. The lowest BCUT2D eigenvalue weighted by molar-refractivity contribution is 0.0693. The van der Waals surface area contributed by atoms with E-state index in [2.05, 4.69) is 15.3 Å². The first-order valence-corrected chi connectivity index (χ1v) is 6.16. The Morgan fingerprint density at radius 2 is 1.90 bits per heavy atom. The summed E-state index contributed by atoms with van der Waals surface area (Å²) in [5, 5.41) is 3.13. The first-order chi connectivity index (χ1) is 9.56. The van der Waals surface area contributed by atoms with Gasteiger partial charge in [0.15, 0.2) is 0 Å². The Morgan fingerprint density at radius 1 is 1.15 bits per heavy atom. The first kappa shape index (κ1) is 12.6. The predicted molar refractivity (Wildman–Crippen MR) is 73.2 cm³/mol. The van der Waals surface area contributed by atoms with Crippen molar-refractivity contribution in [2.24, 2.45) is 0 Å². The van der Waals surface area contributed by atoms with Gasteiger partial charge in [0.1, 0.15) is 5.82 Å². The summed E-state index contributed by atoms with van der Waals surface area (Å²) in [6.07, 6.45) is 1.52. The van der Waals surface area contributed by atoms with Gasteiger partial charge in [0.25, 0.3) is 11.8 Å². The largest absolute Gasteiger partial charge is 0.340 e. The molecule has 3 rings (SSSR count). The van der Waals surface area contributed by atoms with Crippen molar-refractivity contribution >= 4 is 34.9 Å². The van der Waals surface area contributed by atoms with Crippen molar-refractivity contribution in [1.82, 2.24) is 14.9 Å². The molecule has 0 saturated carbocycles. The molecule has 0 aliphatic carbocycles. The molecule has 1 N–H and O–H groups in total. The second-order valence-corrected chi connectivity index (χ2v) is 4.60. The van der Waals surface area contributed by atoms with Gasteiger partial charge in [0.05, 0.1) is 11.1 Å². The number of halogens is 1. The molecule has 0 radical (unpaired) electrons. The van der Waals surface area contributed by atoms with Gasteiger partial charge in [-0.25, -0.2) is 9.97 Å². The summed E-state index contributed by atoms with van der Waals surface area (Å²) in [6.45, 7) is 0. The fourth-order valence-corrected chi connectivity index (χ4v) is 2.14. The zero-order valence-corrected chi connectivity index (χ0v) is 11.2. The van der Waals surface area contributed by atoms with Crippen LogP contribution in [-0.4, -0.2) is 33.7 Å². The van der Waals surface area contributed by atoms with E-state index in [4.69, 9.17) is 11.6 Å². The van der Waals surface area contributed by atoms with Gasteiger partial charge in [-0.05, 0) is 35.9 Å². The zero-order chi connectivity index (χ0) is 14.3. The van der Waals surface area contributed by atoms with Crippen LogP contribution in [0.1, 0.15) is 20.7 Å². The number of anilines is 2. The van der Waals surface area contributed by atoms with E-state index in [1.54, 1.807) is 24.3 Å². The van der Waals surface area contributed by atoms with Gasteiger partial charge in [-0.15, -0.1) is 0 Å². The van der Waals surface area contributed by atoms with E-state index in [0.717, 1.165) is 4.90 Å². The molecule has 1 aromatic carbocycles. The minimum Gasteiger partial charge on any atom is -0.340 e. The van der Waals surface area contributed by atoms with Crippen molar-refractivity contribution in [3.8, 4) is 0 Å². The summed E-state index contributed by atoms with van der Waals surface area (Å²) in [5.74, 6) is -0.0916. The van der Waals surface area contributed by atoms with Crippen molar-refractivity contribution in [1.29, 1.82) is 0 Å². The normalized spacial score (nSPS) is 13.6. The number of fused-ring (bicyclic) bond motifs is 1. The minimum atomic E-state index is -0.311. The van der Waals surface area contributed by atoms with Gasteiger partial charge in [-0.2, -0.15) is 0 Å². The Bertz CT molecular complexity index is 732. The fraction of sp³-hybridized carbons (Fsp3) is 0.0769. The molecule has 6 nitrogen and oxygen atoms in total. The number of hydrogen-bond donors (Lipinski definition) is 1. The van der Waals surface area contributed by atoms with Gasteiger partial charge in [-0.3, -0.25) is 14.5 Å². The van der Waals surface area contributed by atoms with E-state index in [1.807, 2.05) is 0 Å². The second-order valence-electron chi connectivity index (χ2n) is 4.27. The van der Waals surface area contributed by atoms with Crippen LogP contribution in [0.15, 0.2) is 30.5 Å². The summed E-state index contributed by atoms with van der Waals surface area (Å²) in [4.78, 5) is 32.5. The van der Waals surface area contributed by atoms with E-state index >= 15 is 0 Å². The highest BCUT2D eigenvalue weighted by molar-refractivity contribution is 6.28. The highest BCUT2D eigenvalue weighted by Gasteiger charge is 2.32. The lowest BCUT2D eigenvalue weighted by Crippen LogP contribution is -2.24. The number of hydrogen-bond acceptors (Lipinski definition) is 5. The summed E-state index contributed by atoms with van der Waals surface area (Å²) in [7, 11) is 1.46. The Kier molecular flexibility index (Phi) is 2.87. The van der Waals surface area contributed by atoms with Crippen LogP contribution in [0.4, 0.5) is 11.5 Å². The number of rotatable bonds is 2. The second kappa shape index (κ2) is 4.57. The number of amides is 2. The highest BCUT2D eigenvalue weighted by Crippen LogP contribution is 2.26. The van der Waals surface area contributed by atoms with Crippen LogP contribution in [0.5, 0.6) is 0 Å². The molecule has 1 aliphatic rings. The maximum absolute atomic E-state index is 11.9. The fourth-order valence-electron chi connectivity index (χ4n) is 1.99. The van der Waals surface area contributed by atoms with E-state index in [1.165, 1.54) is 13.2 Å². The van der Waals surface area contributed by atoms with Crippen LogP contribution in [0, 0.1) is 0 Å². The van der Waals surface area contributed by atoms with Gasteiger partial charge in [0, 0.05) is 18.9 Å². The number of aromatic nitrogens is 2. The number of carbonyl (C=O) groups is 2. The SMILES string of the molecule is CN1C(=O)c2ccc(Nc3ccnc(Cl)n3)cc2C1=O. The topological polar surface area (TPSA) is 75.2 Å². The van der Waals surface area contributed by atoms with Crippen LogP contribution in [-0.2, 0) is 0 Å². The Balaban J connectivity index is 1.95. The monoisotopic (exact) mass is 288 g/mol. The molecular weight excluding hydrogens is 280 g/mol. The van der Waals surface area contributed by atoms with Crippen LogP contribution in [0.25, 0.3) is 0 Å². The van der Waals surface area contributed by atoms with Crippen LogP contribution < -0.4 is 5.32 Å². The van der Waals surface area contributed by atoms with Crippen molar-refractivity contribution in [2.45, 2.75) is 0 Å². The van der Waals surface area contributed by atoms with Gasteiger partial charge < -0.3 is 5.32 Å². The minimum absolute atomic E-state index is 0.127. The third kappa shape index (κ3) is 2.00. The molecule has 1 aromatic heterocycles. The highest BCUT2D eigenvalue weighted by atomic mass is 35.5. The number of carbonyl (C=O) groups excluding carboxylic acids is 2. The van der Waals surface area contributed by atoms with E-state index < -0.39 is 0 Å². The smallest absolute Gasteiger partial charge is 0.261 e. The maximum Gasteiger partial charge on any atom is 0.261 e. The van der Waals surface area contributed by atoms with E-state index in [9.17, 15) is 9.59 Å². The standard InChI is InChI=1S/C13H9ClN4O2/c1-18-11(19)8-3-2-7(6-9(8)12(18)20)16-10-4-5-15-13(14)17-10/h2-6H,1H3,(H,15,16,17). The summed E-state index contributed by atoms with van der Waals surface area (Å²) >= 11 is 5.70. The third-order valence-corrected chi connectivity index (χ3v) is 3.17.